The van der Waals surface area contributed by atoms with E-state index in [2.05, 4.69) is 0 Å². The number of hydrogen-bond acceptors (Lipinski definition) is 5. The molecule has 0 aliphatic carbocycles. The molecule has 0 unspecified atom stereocenters. The maximum absolute atomic E-state index is 13.7. The summed E-state index contributed by atoms with van der Waals surface area (Å²) in [5, 5.41) is 0. The average molecular weight is 403 g/mol. The summed E-state index contributed by atoms with van der Waals surface area (Å²) < 4.78 is 0. The van der Waals surface area contributed by atoms with Crippen LogP contribution in [-0.2, 0) is 14.4 Å². The molecule has 7 nitrogen and oxygen atoms in total. The van der Waals surface area contributed by atoms with Crippen LogP contribution in [0.2, 0.25) is 0 Å². The van der Waals surface area contributed by atoms with Gasteiger partial charge in [-0.05, 0) is 29.9 Å². The third-order valence-corrected chi connectivity index (χ3v) is 4.70. The van der Waals surface area contributed by atoms with Gasteiger partial charge in [0, 0.05) is 13.1 Å². The van der Waals surface area contributed by atoms with E-state index in [1.54, 1.807) is 24.3 Å². The van der Waals surface area contributed by atoms with E-state index in [0.29, 0.717) is 24.5 Å². The number of carbonyl (C=O) groups is 3. The van der Waals surface area contributed by atoms with Gasteiger partial charge >= 0.3 is 0 Å². The van der Waals surface area contributed by atoms with Gasteiger partial charge in [-0.2, -0.15) is 0 Å². The molecular weight excluding hydrogens is 368 g/mol. The topological polar surface area (TPSA) is 110 Å². The Bertz CT molecular complexity index is 763. The highest BCUT2D eigenvalue weighted by atomic mass is 16.2. The molecule has 0 saturated carbocycles. The van der Waals surface area contributed by atoms with Gasteiger partial charge in [0.25, 0.3) is 11.8 Å². The second-order valence-electron chi connectivity index (χ2n) is 10.4. The summed E-state index contributed by atoms with van der Waals surface area (Å²) in [7, 11) is 0. The molecule has 1 atom stereocenters. The predicted octanol–water partition coefficient (Wildman–Crippen LogP) is 2.07. The van der Waals surface area contributed by atoms with Crippen LogP contribution in [0.5, 0.6) is 0 Å². The molecule has 160 valence electrons. The molecular formula is C22H34N4O3. The summed E-state index contributed by atoms with van der Waals surface area (Å²) in [6.45, 7) is 13.9. The third-order valence-electron chi connectivity index (χ3n) is 4.70. The maximum Gasteiger partial charge on any atom is 0.264 e. The van der Waals surface area contributed by atoms with Crippen molar-refractivity contribution in [3.63, 3.8) is 0 Å². The molecule has 0 aromatic heterocycles. The van der Waals surface area contributed by atoms with Crippen LogP contribution >= 0.6 is 0 Å². The molecule has 7 heteroatoms. The number of benzene rings is 1. The fourth-order valence-corrected chi connectivity index (χ4v) is 3.49. The van der Waals surface area contributed by atoms with Gasteiger partial charge in [-0.25, -0.2) is 0 Å². The molecule has 0 radical (unpaired) electrons. The molecule has 29 heavy (non-hydrogen) atoms. The zero-order valence-electron chi connectivity index (χ0n) is 18.6. The highest BCUT2D eigenvalue weighted by Gasteiger charge is 2.57. The van der Waals surface area contributed by atoms with E-state index >= 15 is 0 Å². The first-order chi connectivity index (χ1) is 13.1. The molecule has 0 spiro atoms. The highest BCUT2D eigenvalue weighted by Crippen LogP contribution is 2.38. The molecule has 1 aromatic carbocycles. The van der Waals surface area contributed by atoms with Gasteiger partial charge < -0.3 is 21.3 Å². The van der Waals surface area contributed by atoms with Gasteiger partial charge in [0.1, 0.15) is 0 Å². The molecule has 1 aliphatic rings. The smallest absolute Gasteiger partial charge is 0.264 e. The first-order valence-corrected chi connectivity index (χ1v) is 9.91. The van der Waals surface area contributed by atoms with Gasteiger partial charge in [0.05, 0.1) is 17.4 Å². The highest BCUT2D eigenvalue weighted by molar-refractivity contribution is 6.37. The van der Waals surface area contributed by atoms with Crippen molar-refractivity contribution in [2.45, 2.75) is 60.0 Å². The largest absolute Gasteiger partial charge is 0.322 e. The number of anilines is 2. The van der Waals surface area contributed by atoms with Crippen LogP contribution in [-0.4, -0.2) is 42.3 Å². The Morgan fingerprint density at radius 3 is 1.55 bits per heavy atom. The quantitative estimate of drug-likeness (QED) is 0.749. The fraction of sp³-hybridized carbons (Fsp3) is 0.591. The molecule has 0 fully saturated rings. The van der Waals surface area contributed by atoms with E-state index < -0.39 is 29.2 Å². The molecule has 2 amide bonds. The summed E-state index contributed by atoms with van der Waals surface area (Å²) in [5.74, 6) is -2.25. The van der Waals surface area contributed by atoms with Crippen LogP contribution < -0.4 is 21.3 Å². The normalized spacial score (nSPS) is 18.4. The van der Waals surface area contributed by atoms with Crippen LogP contribution in [0.3, 0.4) is 0 Å². The maximum atomic E-state index is 13.7. The fourth-order valence-electron chi connectivity index (χ4n) is 3.49. The van der Waals surface area contributed by atoms with E-state index in [1.165, 1.54) is 16.7 Å². The number of amides is 2. The number of hydrogen-bond donors (Lipinski definition) is 2. The molecule has 1 aromatic rings. The summed E-state index contributed by atoms with van der Waals surface area (Å²) in [6, 6.07) is 6.12. The van der Waals surface area contributed by atoms with Gasteiger partial charge in [-0.15, -0.1) is 0 Å². The van der Waals surface area contributed by atoms with E-state index in [4.69, 9.17) is 11.5 Å². The van der Waals surface area contributed by atoms with E-state index in [-0.39, 0.29) is 10.8 Å². The minimum atomic E-state index is -2.37. The number of rotatable bonds is 4. The van der Waals surface area contributed by atoms with Crippen molar-refractivity contribution in [3.8, 4) is 0 Å². The standard InChI is InChI=1S/C22H34N4O3/c1-14(23)17(27)22(24)18(28)25(12-20(2,3)4)15-10-8-9-11-16(15)26(19(22)29)13-21(5,6)7/h8-11,14H,12-13,23-24H2,1-7H3/t14-/m0/s1. The van der Waals surface area contributed by atoms with Crippen LogP contribution in [0.25, 0.3) is 0 Å². The second kappa shape index (κ2) is 7.54. The zero-order valence-corrected chi connectivity index (χ0v) is 18.6. The number of ketones is 1. The first kappa shape index (κ1) is 23.0. The van der Waals surface area contributed by atoms with Gasteiger partial charge in [-0.3, -0.25) is 14.4 Å². The zero-order chi connectivity index (χ0) is 22.4. The predicted molar refractivity (Wildman–Crippen MR) is 116 cm³/mol. The van der Waals surface area contributed by atoms with E-state index in [0.717, 1.165) is 0 Å². The first-order valence-electron chi connectivity index (χ1n) is 9.91. The number of Topliss-reactive ketones (excluding diaryl/α,β-unsaturated/α-hetero) is 1. The van der Waals surface area contributed by atoms with Gasteiger partial charge in [0.2, 0.25) is 5.54 Å². The molecule has 4 N–H and O–H groups in total. The monoisotopic (exact) mass is 402 g/mol. The Morgan fingerprint density at radius 1 is 0.931 bits per heavy atom. The van der Waals surface area contributed by atoms with Crippen LogP contribution in [0.15, 0.2) is 24.3 Å². The lowest BCUT2D eigenvalue weighted by molar-refractivity contribution is -0.142. The summed E-state index contributed by atoms with van der Waals surface area (Å²) in [6.07, 6.45) is 0. The lowest BCUT2D eigenvalue weighted by atomic mass is 9.86. The lowest BCUT2D eigenvalue weighted by Gasteiger charge is -2.35. The van der Waals surface area contributed by atoms with Crippen LogP contribution in [0.4, 0.5) is 11.4 Å². The van der Waals surface area contributed by atoms with E-state index in [9.17, 15) is 14.4 Å². The van der Waals surface area contributed by atoms with Crippen molar-refractivity contribution in [2.75, 3.05) is 22.9 Å². The minimum Gasteiger partial charge on any atom is -0.322 e. The van der Waals surface area contributed by atoms with Crippen molar-refractivity contribution in [1.82, 2.24) is 0 Å². The average Bonchev–Trinajstić information content (AvgIpc) is 2.64. The summed E-state index contributed by atoms with van der Waals surface area (Å²) >= 11 is 0. The molecule has 1 aliphatic heterocycles. The van der Waals surface area contributed by atoms with Crippen molar-refractivity contribution < 1.29 is 14.4 Å². The molecule has 0 saturated heterocycles. The summed E-state index contributed by atoms with van der Waals surface area (Å²) in [5.41, 5.74) is 10.4. The SMILES string of the molecule is C[C@H](N)C(=O)C1(N)C(=O)N(CC(C)(C)C)c2ccccc2N(CC(C)(C)C)C1=O. The van der Waals surface area contributed by atoms with Crippen molar-refractivity contribution in [2.24, 2.45) is 22.3 Å². The number of carbonyl (C=O) groups excluding carboxylic acids is 3. The van der Waals surface area contributed by atoms with Crippen molar-refractivity contribution >= 4 is 29.0 Å². The Morgan fingerprint density at radius 2 is 1.28 bits per heavy atom. The van der Waals surface area contributed by atoms with E-state index in [1.807, 2.05) is 41.5 Å². The molecule has 1 heterocycles. The van der Waals surface area contributed by atoms with Crippen LogP contribution in [0.1, 0.15) is 48.5 Å². The Labute approximate surface area is 173 Å². The number of nitrogens with two attached hydrogens (primary N) is 2. The van der Waals surface area contributed by atoms with Crippen molar-refractivity contribution in [3.05, 3.63) is 24.3 Å². The van der Waals surface area contributed by atoms with Crippen molar-refractivity contribution in [1.29, 1.82) is 0 Å². The minimum absolute atomic E-state index is 0.288. The second-order valence-corrected chi connectivity index (χ2v) is 10.4. The lowest BCUT2D eigenvalue weighted by Crippen LogP contribution is -2.71. The van der Waals surface area contributed by atoms with Gasteiger partial charge in [-0.1, -0.05) is 53.7 Å². The number of para-hydroxylation sites is 2. The Hall–Kier alpha value is -2.25. The molecule has 2 rings (SSSR count). The summed E-state index contributed by atoms with van der Waals surface area (Å²) in [4.78, 5) is 43.3. The number of fused-ring (bicyclic) bond motifs is 1. The third kappa shape index (κ3) is 4.51. The van der Waals surface area contributed by atoms with Crippen LogP contribution in [0, 0.1) is 10.8 Å². The van der Waals surface area contributed by atoms with Gasteiger partial charge in [0.15, 0.2) is 5.78 Å². The number of nitrogens with zero attached hydrogens (tertiary/aromatic N) is 2. The Balaban J connectivity index is 2.81. The molecule has 0 bridgehead atoms. The Kier molecular flexibility index (Phi) is 5.99.